The van der Waals surface area contributed by atoms with Gasteiger partial charge in [-0.15, -0.1) is 0 Å². The molecule has 3 heterocycles. The van der Waals surface area contributed by atoms with Crippen LogP contribution in [0.25, 0.3) is 22.0 Å². The third-order valence-corrected chi connectivity index (χ3v) is 6.49. The summed E-state index contributed by atoms with van der Waals surface area (Å²) < 4.78 is 40.8. The number of nitrogens with zero attached hydrogens (tertiary/aromatic N) is 3. The number of H-pyrrole nitrogens is 1. The summed E-state index contributed by atoms with van der Waals surface area (Å²) in [5.74, 6) is -0.965. The first-order valence-electron chi connectivity index (χ1n) is 11.7. The number of hydrogen-bond donors (Lipinski definition) is 2. The van der Waals surface area contributed by atoms with E-state index >= 15 is 0 Å². The number of benzene rings is 2. The lowest BCUT2D eigenvalue weighted by Gasteiger charge is -2.35. The van der Waals surface area contributed by atoms with Crippen LogP contribution in [-0.4, -0.2) is 54.0 Å². The molecule has 0 bridgehead atoms. The summed E-state index contributed by atoms with van der Waals surface area (Å²) in [5, 5.41) is 3.62. The number of carbonyl (C=O) groups excluding carboxylic acids is 1. The zero-order valence-electron chi connectivity index (χ0n) is 20.0. The third kappa shape index (κ3) is 5.19. The van der Waals surface area contributed by atoms with Gasteiger partial charge in [-0.05, 0) is 36.9 Å². The van der Waals surface area contributed by atoms with Crippen molar-refractivity contribution in [3.63, 3.8) is 0 Å². The van der Waals surface area contributed by atoms with Gasteiger partial charge in [0, 0.05) is 55.6 Å². The Morgan fingerprint density at radius 2 is 1.76 bits per heavy atom. The summed E-state index contributed by atoms with van der Waals surface area (Å²) in [4.78, 5) is 35.6. The van der Waals surface area contributed by atoms with Crippen molar-refractivity contribution in [2.24, 2.45) is 0 Å². The van der Waals surface area contributed by atoms with Gasteiger partial charge in [0.2, 0.25) is 5.56 Å². The standard InChI is InChI=1S/C27H24F3N5O2/c1-34-8-10-35(11-9-34)24-7-6-17(19-12-18-4-2-3-5-22(18)31-15-19)13-23(24)33-26(37)20-16-32-25(36)14-21(20)27(28,29)30/h2-7,12-16H,8-11H2,1H3,(H,32,36)(H,33,37). The zero-order chi connectivity index (χ0) is 26.2. The number of para-hydroxylation sites is 1. The Hall–Kier alpha value is -4.18. The first-order chi connectivity index (χ1) is 17.7. The number of pyridine rings is 2. The molecule has 0 spiro atoms. The summed E-state index contributed by atoms with van der Waals surface area (Å²) in [6, 6.07) is 15.6. The molecule has 1 aliphatic heterocycles. The summed E-state index contributed by atoms with van der Waals surface area (Å²) in [6.07, 6.45) is -2.34. The second kappa shape index (κ2) is 9.70. The number of piperazine rings is 1. The van der Waals surface area contributed by atoms with Gasteiger partial charge < -0.3 is 20.1 Å². The molecule has 2 aromatic carbocycles. The van der Waals surface area contributed by atoms with Crippen molar-refractivity contribution in [1.82, 2.24) is 14.9 Å². The van der Waals surface area contributed by atoms with Gasteiger partial charge in [0.15, 0.2) is 0 Å². The summed E-state index contributed by atoms with van der Waals surface area (Å²) in [5.41, 5.74) is 0.595. The highest BCUT2D eigenvalue weighted by molar-refractivity contribution is 6.07. The molecule has 0 radical (unpaired) electrons. The van der Waals surface area contributed by atoms with Crippen LogP contribution in [0.2, 0.25) is 0 Å². The van der Waals surface area contributed by atoms with Crippen LogP contribution < -0.4 is 15.8 Å². The normalized spacial score (nSPS) is 14.6. The Morgan fingerprint density at radius 3 is 2.51 bits per heavy atom. The van der Waals surface area contributed by atoms with Crippen LogP contribution in [0.15, 0.2) is 71.8 Å². The molecule has 1 amide bonds. The lowest BCUT2D eigenvalue weighted by atomic mass is 10.0. The lowest BCUT2D eigenvalue weighted by Crippen LogP contribution is -2.44. The molecule has 0 atom stereocenters. The van der Waals surface area contributed by atoms with Gasteiger partial charge in [-0.2, -0.15) is 13.2 Å². The fourth-order valence-electron chi connectivity index (χ4n) is 4.45. The van der Waals surface area contributed by atoms with Crippen LogP contribution in [0.5, 0.6) is 0 Å². The second-order valence-electron chi connectivity index (χ2n) is 9.02. The number of anilines is 2. The number of likely N-dealkylation sites (N-methyl/N-ethyl adjacent to an activating group) is 1. The molecule has 2 N–H and O–H groups in total. The molecule has 1 saturated heterocycles. The van der Waals surface area contributed by atoms with E-state index < -0.39 is 28.8 Å². The van der Waals surface area contributed by atoms with E-state index in [0.717, 1.165) is 41.3 Å². The van der Waals surface area contributed by atoms with Gasteiger partial charge in [0.25, 0.3) is 5.91 Å². The van der Waals surface area contributed by atoms with Crippen LogP contribution in [0.4, 0.5) is 24.5 Å². The highest BCUT2D eigenvalue weighted by atomic mass is 19.4. The molecule has 0 aliphatic carbocycles. The Bertz CT molecular complexity index is 1520. The Kier molecular flexibility index (Phi) is 6.43. The number of aromatic nitrogens is 2. The molecular weight excluding hydrogens is 483 g/mol. The van der Waals surface area contributed by atoms with Gasteiger partial charge in [-0.1, -0.05) is 24.3 Å². The molecule has 0 unspecified atom stereocenters. The predicted octanol–water partition coefficient (Wildman–Crippen LogP) is 4.61. The number of rotatable bonds is 4. The van der Waals surface area contributed by atoms with Gasteiger partial charge >= 0.3 is 6.18 Å². The average molecular weight is 508 g/mol. The molecular formula is C27H24F3N5O2. The molecule has 2 aromatic heterocycles. The highest BCUT2D eigenvalue weighted by Crippen LogP contribution is 2.35. The molecule has 1 fully saturated rings. The minimum absolute atomic E-state index is 0.375. The first-order valence-corrected chi connectivity index (χ1v) is 11.7. The van der Waals surface area contributed by atoms with Gasteiger partial charge in [-0.25, -0.2) is 0 Å². The first kappa shape index (κ1) is 24.5. The van der Waals surface area contributed by atoms with E-state index in [4.69, 9.17) is 0 Å². The second-order valence-corrected chi connectivity index (χ2v) is 9.02. The average Bonchev–Trinajstić information content (AvgIpc) is 2.88. The molecule has 190 valence electrons. The van der Waals surface area contributed by atoms with E-state index in [1.807, 2.05) is 49.5 Å². The molecule has 1 aliphatic rings. The van der Waals surface area contributed by atoms with Crippen LogP contribution in [-0.2, 0) is 6.18 Å². The molecule has 5 rings (SSSR count). The molecule has 7 nitrogen and oxygen atoms in total. The van der Waals surface area contributed by atoms with Crippen LogP contribution >= 0.6 is 0 Å². The number of fused-ring (bicyclic) bond motifs is 1. The van der Waals surface area contributed by atoms with Crippen molar-refractivity contribution >= 4 is 28.2 Å². The van der Waals surface area contributed by atoms with Crippen molar-refractivity contribution < 1.29 is 18.0 Å². The number of carbonyl (C=O) groups is 1. The number of amides is 1. The van der Waals surface area contributed by atoms with Gasteiger partial charge in [0.05, 0.1) is 28.0 Å². The number of halogens is 3. The number of nitrogens with one attached hydrogen (secondary N) is 2. The fourth-order valence-corrected chi connectivity index (χ4v) is 4.45. The number of hydrogen-bond acceptors (Lipinski definition) is 5. The van der Waals surface area contributed by atoms with Crippen molar-refractivity contribution in [2.75, 3.05) is 43.4 Å². The van der Waals surface area contributed by atoms with Crippen molar-refractivity contribution in [1.29, 1.82) is 0 Å². The monoisotopic (exact) mass is 507 g/mol. The van der Waals surface area contributed by atoms with Crippen molar-refractivity contribution in [3.05, 3.63) is 88.5 Å². The molecule has 10 heteroatoms. The Balaban J connectivity index is 1.56. The van der Waals surface area contributed by atoms with Gasteiger partial charge in [0.1, 0.15) is 0 Å². The largest absolute Gasteiger partial charge is 0.417 e. The van der Waals surface area contributed by atoms with Crippen LogP contribution in [0, 0.1) is 0 Å². The maximum atomic E-state index is 13.6. The van der Waals surface area contributed by atoms with Crippen molar-refractivity contribution in [2.45, 2.75) is 6.18 Å². The van der Waals surface area contributed by atoms with E-state index in [-0.39, 0.29) is 0 Å². The summed E-state index contributed by atoms with van der Waals surface area (Å²) in [7, 11) is 2.02. The molecule has 0 saturated carbocycles. The van der Waals surface area contributed by atoms with E-state index in [9.17, 15) is 22.8 Å². The quantitative estimate of drug-likeness (QED) is 0.422. The maximum Gasteiger partial charge on any atom is 0.417 e. The number of aromatic amines is 1. The molecule has 37 heavy (non-hydrogen) atoms. The Labute approximate surface area is 210 Å². The predicted molar refractivity (Wildman–Crippen MR) is 137 cm³/mol. The van der Waals surface area contributed by atoms with E-state index in [1.54, 1.807) is 12.3 Å². The van der Waals surface area contributed by atoms with E-state index in [2.05, 4.69) is 25.1 Å². The van der Waals surface area contributed by atoms with Gasteiger partial charge in [-0.3, -0.25) is 14.6 Å². The summed E-state index contributed by atoms with van der Waals surface area (Å²) >= 11 is 0. The zero-order valence-corrected chi connectivity index (χ0v) is 20.0. The fraction of sp³-hybridized carbons (Fsp3) is 0.222. The number of alkyl halides is 3. The highest BCUT2D eigenvalue weighted by Gasteiger charge is 2.36. The Morgan fingerprint density at radius 1 is 1.00 bits per heavy atom. The lowest BCUT2D eigenvalue weighted by molar-refractivity contribution is -0.138. The van der Waals surface area contributed by atoms with E-state index in [0.29, 0.717) is 30.5 Å². The minimum Gasteiger partial charge on any atom is -0.367 e. The van der Waals surface area contributed by atoms with Crippen LogP contribution in [0.1, 0.15) is 15.9 Å². The third-order valence-electron chi connectivity index (χ3n) is 6.49. The van der Waals surface area contributed by atoms with Crippen LogP contribution in [0.3, 0.4) is 0 Å². The van der Waals surface area contributed by atoms with Crippen molar-refractivity contribution in [3.8, 4) is 11.1 Å². The van der Waals surface area contributed by atoms with E-state index in [1.165, 1.54) is 0 Å². The maximum absolute atomic E-state index is 13.6. The smallest absolute Gasteiger partial charge is 0.367 e. The topological polar surface area (TPSA) is 81.3 Å². The molecule has 4 aromatic rings. The SMILES string of the molecule is CN1CCN(c2ccc(-c3cnc4ccccc4c3)cc2NC(=O)c2c[nH]c(=O)cc2C(F)(F)F)CC1. The minimum atomic E-state index is -4.86. The summed E-state index contributed by atoms with van der Waals surface area (Å²) in [6.45, 7) is 3.01.